The van der Waals surface area contributed by atoms with Crippen LogP contribution in [0.5, 0.6) is 0 Å². The summed E-state index contributed by atoms with van der Waals surface area (Å²) in [5.74, 6) is 0.806. The first-order valence-corrected chi connectivity index (χ1v) is 3.72. The molecule has 0 saturated carbocycles. The molecule has 0 aromatic rings. The second-order valence-electron chi connectivity index (χ2n) is 3.47. The third kappa shape index (κ3) is 3.03. The minimum Gasteiger partial charge on any atom is -0.261 e. The summed E-state index contributed by atoms with van der Waals surface area (Å²) in [6.07, 6.45) is 7.50. The van der Waals surface area contributed by atoms with E-state index in [0.717, 1.165) is 5.84 Å². The van der Waals surface area contributed by atoms with Gasteiger partial charge in [0.2, 0.25) is 0 Å². The zero-order valence-electron chi connectivity index (χ0n) is 7.20. The van der Waals surface area contributed by atoms with Crippen LogP contribution in [-0.2, 0) is 0 Å². The van der Waals surface area contributed by atoms with Crippen molar-refractivity contribution < 1.29 is 0 Å². The Bertz CT molecular complexity index is 216. The average Bonchev–Trinajstić information content (AvgIpc) is 1.85. The minimum absolute atomic E-state index is 0.0334. The van der Waals surface area contributed by atoms with Gasteiger partial charge >= 0.3 is 0 Å². The van der Waals surface area contributed by atoms with Crippen LogP contribution in [-0.4, -0.2) is 11.4 Å². The summed E-state index contributed by atoms with van der Waals surface area (Å²) in [7, 11) is 0. The van der Waals surface area contributed by atoms with E-state index in [2.05, 4.69) is 31.1 Å². The number of hydrogen-bond donors (Lipinski definition) is 0. The van der Waals surface area contributed by atoms with Gasteiger partial charge in [0.15, 0.2) is 0 Å². The SMILES string of the molecule is CC(C)(C)/N=C1/C=CC=C[N]1. The Kier molecular flexibility index (Phi) is 2.13. The van der Waals surface area contributed by atoms with Crippen molar-refractivity contribution in [1.29, 1.82) is 0 Å². The Morgan fingerprint density at radius 1 is 1.27 bits per heavy atom. The van der Waals surface area contributed by atoms with Crippen molar-refractivity contribution in [2.75, 3.05) is 0 Å². The smallest absolute Gasteiger partial charge is 0.147 e. The van der Waals surface area contributed by atoms with Crippen LogP contribution in [0.2, 0.25) is 0 Å². The summed E-state index contributed by atoms with van der Waals surface area (Å²) >= 11 is 0. The molecule has 0 spiro atoms. The molecule has 1 radical (unpaired) electrons. The van der Waals surface area contributed by atoms with Crippen molar-refractivity contribution in [2.24, 2.45) is 4.99 Å². The normalized spacial score (nSPS) is 20.5. The molecule has 0 atom stereocenters. The van der Waals surface area contributed by atoms with E-state index >= 15 is 0 Å². The fraction of sp³-hybridized carbons (Fsp3) is 0.444. The van der Waals surface area contributed by atoms with E-state index in [0.29, 0.717) is 0 Å². The molecule has 0 amide bonds. The third-order valence-corrected chi connectivity index (χ3v) is 1.10. The van der Waals surface area contributed by atoms with Crippen LogP contribution in [0.15, 0.2) is 29.4 Å². The molecule has 0 N–H and O–H groups in total. The number of aliphatic imine (C=N–C) groups is 1. The lowest BCUT2D eigenvalue weighted by Gasteiger charge is -2.13. The maximum atomic E-state index is 4.38. The van der Waals surface area contributed by atoms with E-state index in [9.17, 15) is 0 Å². The largest absolute Gasteiger partial charge is 0.261 e. The van der Waals surface area contributed by atoms with E-state index in [1.807, 2.05) is 18.2 Å². The number of allylic oxidation sites excluding steroid dienone is 2. The Balaban J connectivity index is 2.69. The fourth-order valence-electron chi connectivity index (χ4n) is 0.764. The van der Waals surface area contributed by atoms with E-state index < -0.39 is 0 Å². The number of rotatable bonds is 0. The predicted octanol–water partition coefficient (Wildman–Crippen LogP) is 1.87. The molecule has 0 saturated heterocycles. The maximum absolute atomic E-state index is 4.38. The third-order valence-electron chi connectivity index (χ3n) is 1.10. The average molecular weight is 149 g/mol. The molecule has 0 aliphatic carbocycles. The predicted molar refractivity (Wildman–Crippen MR) is 47.6 cm³/mol. The van der Waals surface area contributed by atoms with Gasteiger partial charge in [-0.3, -0.25) is 4.99 Å². The summed E-state index contributed by atoms with van der Waals surface area (Å²) in [5, 5.41) is 4.10. The van der Waals surface area contributed by atoms with Crippen LogP contribution in [0, 0.1) is 0 Å². The second kappa shape index (κ2) is 2.91. The van der Waals surface area contributed by atoms with Gasteiger partial charge in [-0.25, -0.2) is 5.32 Å². The minimum atomic E-state index is -0.0334. The highest BCUT2D eigenvalue weighted by molar-refractivity contribution is 5.94. The van der Waals surface area contributed by atoms with Gasteiger partial charge in [-0.05, 0) is 32.9 Å². The van der Waals surface area contributed by atoms with Crippen molar-refractivity contribution in [3.8, 4) is 0 Å². The second-order valence-corrected chi connectivity index (χ2v) is 3.47. The highest BCUT2D eigenvalue weighted by Crippen LogP contribution is 2.07. The highest BCUT2D eigenvalue weighted by atomic mass is 15.0. The lowest BCUT2D eigenvalue weighted by Crippen LogP contribution is -2.18. The van der Waals surface area contributed by atoms with Gasteiger partial charge in [0.25, 0.3) is 0 Å². The van der Waals surface area contributed by atoms with Crippen LogP contribution in [0.3, 0.4) is 0 Å². The van der Waals surface area contributed by atoms with Crippen molar-refractivity contribution in [1.82, 2.24) is 5.32 Å². The molecule has 2 nitrogen and oxygen atoms in total. The molecule has 0 unspecified atom stereocenters. The molecule has 1 aliphatic rings. The first-order chi connectivity index (χ1) is 5.08. The first-order valence-electron chi connectivity index (χ1n) is 3.72. The molecule has 2 heteroatoms. The molecular weight excluding hydrogens is 136 g/mol. The molecule has 0 fully saturated rings. The standard InChI is InChI=1S/C9H13N2/c1-9(2,3)11-8-6-4-5-7-10-8/h4-7H,1-3H3/b11-8-. The lowest BCUT2D eigenvalue weighted by molar-refractivity contribution is 0.582. The molecular formula is C9H13N2. The van der Waals surface area contributed by atoms with Gasteiger partial charge in [-0.15, -0.1) is 0 Å². The number of nitrogens with zero attached hydrogens (tertiary/aromatic N) is 2. The van der Waals surface area contributed by atoms with Gasteiger partial charge < -0.3 is 0 Å². The van der Waals surface area contributed by atoms with Gasteiger partial charge in [0, 0.05) is 6.20 Å². The molecule has 0 bridgehead atoms. The Labute approximate surface area is 67.7 Å². The fourth-order valence-corrected chi connectivity index (χ4v) is 0.764. The van der Waals surface area contributed by atoms with Crippen molar-refractivity contribution in [2.45, 2.75) is 26.3 Å². The highest BCUT2D eigenvalue weighted by Gasteiger charge is 2.08. The monoisotopic (exact) mass is 149 g/mol. The molecule has 1 heterocycles. The maximum Gasteiger partial charge on any atom is 0.147 e. The topological polar surface area (TPSA) is 26.5 Å². The van der Waals surface area contributed by atoms with Crippen LogP contribution in [0.1, 0.15) is 20.8 Å². The molecule has 11 heavy (non-hydrogen) atoms. The Morgan fingerprint density at radius 3 is 2.45 bits per heavy atom. The first kappa shape index (κ1) is 8.05. The summed E-state index contributed by atoms with van der Waals surface area (Å²) in [5.41, 5.74) is -0.0334. The quantitative estimate of drug-likeness (QED) is 0.502. The van der Waals surface area contributed by atoms with Crippen LogP contribution in [0.4, 0.5) is 0 Å². The summed E-state index contributed by atoms with van der Waals surface area (Å²) in [6.45, 7) is 6.17. The summed E-state index contributed by atoms with van der Waals surface area (Å²) < 4.78 is 0. The van der Waals surface area contributed by atoms with Gasteiger partial charge in [-0.2, -0.15) is 0 Å². The Hall–Kier alpha value is -1.05. The molecule has 59 valence electrons. The molecule has 0 aromatic heterocycles. The Morgan fingerprint density at radius 2 is 2.00 bits per heavy atom. The zero-order chi connectivity index (χ0) is 8.32. The van der Waals surface area contributed by atoms with E-state index in [4.69, 9.17) is 0 Å². The van der Waals surface area contributed by atoms with E-state index in [1.54, 1.807) is 6.20 Å². The van der Waals surface area contributed by atoms with E-state index in [-0.39, 0.29) is 5.54 Å². The van der Waals surface area contributed by atoms with Gasteiger partial charge in [0.05, 0.1) is 5.54 Å². The van der Waals surface area contributed by atoms with Crippen LogP contribution in [0.25, 0.3) is 0 Å². The number of hydrogen-bond acceptors (Lipinski definition) is 1. The van der Waals surface area contributed by atoms with Crippen molar-refractivity contribution in [3.05, 3.63) is 24.4 Å². The van der Waals surface area contributed by atoms with Crippen molar-refractivity contribution in [3.63, 3.8) is 0 Å². The molecule has 1 aliphatic heterocycles. The number of amidine groups is 1. The van der Waals surface area contributed by atoms with Crippen LogP contribution < -0.4 is 5.32 Å². The molecule has 1 rings (SSSR count). The lowest BCUT2D eigenvalue weighted by atomic mass is 10.1. The van der Waals surface area contributed by atoms with Crippen molar-refractivity contribution >= 4 is 5.84 Å². The van der Waals surface area contributed by atoms with Gasteiger partial charge in [-0.1, -0.05) is 6.08 Å². The summed E-state index contributed by atoms with van der Waals surface area (Å²) in [6, 6.07) is 0. The van der Waals surface area contributed by atoms with Gasteiger partial charge in [0.1, 0.15) is 5.84 Å². The molecule has 0 aromatic carbocycles. The van der Waals surface area contributed by atoms with E-state index in [1.165, 1.54) is 0 Å². The van der Waals surface area contributed by atoms with Crippen LogP contribution >= 0.6 is 0 Å². The summed E-state index contributed by atoms with van der Waals surface area (Å²) in [4.78, 5) is 4.38. The zero-order valence-corrected chi connectivity index (χ0v) is 7.20.